The SMILES string of the molecule is O=C(Cc1ccccc1)C1CCCN(C(=O)c2cc(-c3ccccc3)on2)C1. The highest BCUT2D eigenvalue weighted by molar-refractivity contribution is 5.94. The van der Waals surface area contributed by atoms with E-state index >= 15 is 0 Å². The molecule has 0 saturated carbocycles. The van der Waals surface area contributed by atoms with Crippen LogP contribution in [0.1, 0.15) is 28.9 Å². The summed E-state index contributed by atoms with van der Waals surface area (Å²) in [6, 6.07) is 21.0. The molecule has 1 saturated heterocycles. The van der Waals surface area contributed by atoms with Crippen molar-refractivity contribution in [1.82, 2.24) is 10.1 Å². The van der Waals surface area contributed by atoms with Crippen LogP contribution in [0.25, 0.3) is 11.3 Å². The molecule has 0 aliphatic carbocycles. The predicted octanol–water partition coefficient (Wildman–Crippen LogP) is 4.01. The normalized spacial score (nSPS) is 16.7. The summed E-state index contributed by atoms with van der Waals surface area (Å²) in [6.45, 7) is 1.08. The first kappa shape index (κ1) is 18.2. The van der Waals surface area contributed by atoms with Crippen LogP contribution in [0.4, 0.5) is 0 Å². The van der Waals surface area contributed by atoms with Gasteiger partial charge in [0.15, 0.2) is 11.5 Å². The van der Waals surface area contributed by atoms with E-state index in [-0.39, 0.29) is 23.3 Å². The number of piperidine rings is 1. The van der Waals surface area contributed by atoms with E-state index in [9.17, 15) is 9.59 Å². The molecule has 28 heavy (non-hydrogen) atoms. The van der Waals surface area contributed by atoms with Crippen molar-refractivity contribution in [2.75, 3.05) is 13.1 Å². The molecule has 0 radical (unpaired) electrons. The molecule has 1 unspecified atom stereocenters. The van der Waals surface area contributed by atoms with E-state index in [2.05, 4.69) is 5.16 Å². The monoisotopic (exact) mass is 374 g/mol. The number of benzene rings is 2. The van der Waals surface area contributed by atoms with E-state index in [1.54, 1.807) is 11.0 Å². The van der Waals surface area contributed by atoms with Crippen LogP contribution in [0.3, 0.4) is 0 Å². The largest absolute Gasteiger partial charge is 0.355 e. The maximum atomic E-state index is 12.9. The van der Waals surface area contributed by atoms with Crippen LogP contribution in [0, 0.1) is 5.92 Å². The second-order valence-corrected chi connectivity index (χ2v) is 7.16. The lowest BCUT2D eigenvalue weighted by Gasteiger charge is -2.31. The number of Topliss-reactive ketones (excluding diaryl/α,β-unsaturated/α-hetero) is 1. The summed E-state index contributed by atoms with van der Waals surface area (Å²) in [6.07, 6.45) is 2.06. The molecule has 4 rings (SSSR count). The third-order valence-electron chi connectivity index (χ3n) is 5.17. The minimum Gasteiger partial charge on any atom is -0.355 e. The molecule has 5 heteroatoms. The number of amides is 1. The van der Waals surface area contributed by atoms with E-state index in [0.717, 1.165) is 24.0 Å². The fourth-order valence-corrected chi connectivity index (χ4v) is 3.64. The Morgan fingerprint density at radius 1 is 1.04 bits per heavy atom. The van der Waals surface area contributed by atoms with Crippen molar-refractivity contribution in [3.8, 4) is 11.3 Å². The molecule has 3 aromatic rings. The summed E-state index contributed by atoms with van der Waals surface area (Å²) < 4.78 is 5.35. The average Bonchev–Trinajstić information content (AvgIpc) is 3.25. The lowest BCUT2D eigenvalue weighted by atomic mass is 9.90. The van der Waals surface area contributed by atoms with Crippen LogP contribution in [0.15, 0.2) is 71.3 Å². The van der Waals surface area contributed by atoms with Crippen molar-refractivity contribution in [3.63, 3.8) is 0 Å². The van der Waals surface area contributed by atoms with Crippen molar-refractivity contribution in [2.24, 2.45) is 5.92 Å². The topological polar surface area (TPSA) is 63.4 Å². The van der Waals surface area contributed by atoms with Gasteiger partial charge in [0.1, 0.15) is 5.78 Å². The fourth-order valence-electron chi connectivity index (χ4n) is 3.64. The van der Waals surface area contributed by atoms with Crippen molar-refractivity contribution in [1.29, 1.82) is 0 Å². The number of nitrogens with zero attached hydrogens (tertiary/aromatic N) is 2. The Labute approximate surface area is 164 Å². The predicted molar refractivity (Wildman–Crippen MR) is 106 cm³/mol. The minimum atomic E-state index is -0.178. The molecule has 1 aliphatic heterocycles. The van der Waals surface area contributed by atoms with Crippen LogP contribution in [-0.2, 0) is 11.2 Å². The van der Waals surface area contributed by atoms with E-state index in [1.807, 2.05) is 60.7 Å². The van der Waals surface area contributed by atoms with Gasteiger partial charge in [0.25, 0.3) is 5.91 Å². The number of carbonyl (C=O) groups is 2. The molecule has 1 fully saturated rings. The molecule has 1 aliphatic rings. The van der Waals surface area contributed by atoms with Gasteiger partial charge in [-0.3, -0.25) is 9.59 Å². The van der Waals surface area contributed by atoms with Crippen LogP contribution in [0.2, 0.25) is 0 Å². The summed E-state index contributed by atoms with van der Waals surface area (Å²) in [5, 5.41) is 3.95. The Morgan fingerprint density at radius 2 is 1.75 bits per heavy atom. The van der Waals surface area contributed by atoms with Gasteiger partial charge < -0.3 is 9.42 Å². The third kappa shape index (κ3) is 4.03. The molecule has 0 bridgehead atoms. The van der Waals surface area contributed by atoms with E-state index in [1.165, 1.54) is 0 Å². The molecular formula is C23H22N2O3. The van der Waals surface area contributed by atoms with Gasteiger partial charge in [-0.25, -0.2) is 0 Å². The van der Waals surface area contributed by atoms with E-state index in [4.69, 9.17) is 4.52 Å². The van der Waals surface area contributed by atoms with E-state index in [0.29, 0.717) is 25.3 Å². The first-order valence-corrected chi connectivity index (χ1v) is 9.59. The van der Waals surface area contributed by atoms with Gasteiger partial charge in [-0.15, -0.1) is 0 Å². The zero-order valence-electron chi connectivity index (χ0n) is 15.6. The number of carbonyl (C=O) groups excluding carboxylic acids is 2. The minimum absolute atomic E-state index is 0.126. The lowest BCUT2D eigenvalue weighted by molar-refractivity contribution is -0.123. The summed E-state index contributed by atoms with van der Waals surface area (Å²) in [5.41, 5.74) is 2.18. The zero-order chi connectivity index (χ0) is 19.3. The molecule has 142 valence electrons. The summed E-state index contributed by atoms with van der Waals surface area (Å²) in [7, 11) is 0. The molecule has 0 spiro atoms. The quantitative estimate of drug-likeness (QED) is 0.677. The van der Waals surface area contributed by atoms with Gasteiger partial charge in [0.2, 0.25) is 0 Å². The second kappa shape index (κ2) is 8.21. The van der Waals surface area contributed by atoms with E-state index < -0.39 is 0 Å². The van der Waals surface area contributed by atoms with Crippen LogP contribution in [0.5, 0.6) is 0 Å². The number of likely N-dealkylation sites (tertiary alicyclic amines) is 1. The molecular weight excluding hydrogens is 352 g/mol. The van der Waals surface area contributed by atoms with Crippen LogP contribution < -0.4 is 0 Å². The molecule has 0 N–H and O–H groups in total. The third-order valence-corrected chi connectivity index (χ3v) is 5.17. The summed E-state index contributed by atoms with van der Waals surface area (Å²) in [4.78, 5) is 27.3. The van der Waals surface area contributed by atoms with Crippen LogP contribution in [-0.4, -0.2) is 34.8 Å². The first-order chi connectivity index (χ1) is 13.7. The Morgan fingerprint density at radius 3 is 2.50 bits per heavy atom. The van der Waals surface area contributed by atoms with Gasteiger partial charge in [0, 0.05) is 37.1 Å². The lowest BCUT2D eigenvalue weighted by Crippen LogP contribution is -2.42. The second-order valence-electron chi connectivity index (χ2n) is 7.16. The smallest absolute Gasteiger partial charge is 0.276 e. The highest BCUT2D eigenvalue weighted by Gasteiger charge is 2.30. The van der Waals surface area contributed by atoms with Crippen LogP contribution >= 0.6 is 0 Å². The average molecular weight is 374 g/mol. The Balaban J connectivity index is 1.42. The van der Waals surface area contributed by atoms with Crippen molar-refractivity contribution in [3.05, 3.63) is 78.0 Å². The molecule has 1 atom stereocenters. The standard InChI is InChI=1S/C23H22N2O3/c26-21(14-17-8-3-1-4-9-17)19-12-7-13-25(16-19)23(27)20-15-22(28-24-20)18-10-5-2-6-11-18/h1-6,8-11,15,19H,7,12-14,16H2. The fraction of sp³-hybridized carbons (Fsp3) is 0.261. The number of hydrogen-bond donors (Lipinski definition) is 0. The first-order valence-electron chi connectivity index (χ1n) is 9.59. The van der Waals surface area contributed by atoms with Gasteiger partial charge >= 0.3 is 0 Å². The number of hydrogen-bond acceptors (Lipinski definition) is 4. The number of rotatable bonds is 5. The van der Waals surface area contributed by atoms with Gasteiger partial charge in [-0.2, -0.15) is 0 Å². The van der Waals surface area contributed by atoms with Crippen molar-refractivity contribution in [2.45, 2.75) is 19.3 Å². The Hall–Kier alpha value is -3.21. The summed E-state index contributed by atoms with van der Waals surface area (Å²) >= 11 is 0. The Bertz CT molecular complexity index is 950. The summed E-state index contributed by atoms with van der Waals surface area (Å²) in [5.74, 6) is 0.452. The zero-order valence-corrected chi connectivity index (χ0v) is 15.6. The van der Waals surface area contributed by atoms with Gasteiger partial charge in [-0.1, -0.05) is 65.8 Å². The maximum Gasteiger partial charge on any atom is 0.276 e. The highest BCUT2D eigenvalue weighted by Crippen LogP contribution is 2.23. The highest BCUT2D eigenvalue weighted by atomic mass is 16.5. The Kier molecular flexibility index (Phi) is 5.33. The van der Waals surface area contributed by atoms with Gasteiger partial charge in [0.05, 0.1) is 0 Å². The molecule has 5 nitrogen and oxygen atoms in total. The molecule has 1 amide bonds. The van der Waals surface area contributed by atoms with Gasteiger partial charge in [-0.05, 0) is 18.4 Å². The van der Waals surface area contributed by atoms with Crippen molar-refractivity contribution < 1.29 is 14.1 Å². The number of aromatic nitrogens is 1. The number of ketones is 1. The molecule has 2 aromatic carbocycles. The van der Waals surface area contributed by atoms with Crippen molar-refractivity contribution >= 4 is 11.7 Å². The maximum absolute atomic E-state index is 12.9. The molecule has 2 heterocycles. The molecule has 1 aromatic heterocycles.